The molecule has 0 aromatic carbocycles. The van der Waals surface area contributed by atoms with Gasteiger partial charge in [0, 0.05) is 6.04 Å². The summed E-state index contributed by atoms with van der Waals surface area (Å²) < 4.78 is 35.2. The van der Waals surface area contributed by atoms with Crippen LogP contribution in [0.2, 0.25) is 0 Å². The van der Waals surface area contributed by atoms with Gasteiger partial charge < -0.3 is 0 Å². The van der Waals surface area contributed by atoms with Crippen molar-refractivity contribution in [3.63, 3.8) is 0 Å². The molecule has 0 fully saturated rings. The van der Waals surface area contributed by atoms with Gasteiger partial charge in [-0.25, -0.2) is 0 Å². The number of nitriles is 1. The molecule has 0 saturated carbocycles. The van der Waals surface area contributed by atoms with Gasteiger partial charge in [-0.05, 0) is 13.8 Å². The molecule has 0 saturated heterocycles. The summed E-state index contributed by atoms with van der Waals surface area (Å²) in [5.41, 5.74) is 0. The maximum atomic E-state index is 11.7. The Bertz CT molecular complexity index is 170. The molecule has 2 unspecified atom stereocenters. The summed E-state index contributed by atoms with van der Waals surface area (Å²) in [6, 6.07) is 0.555. The highest BCUT2D eigenvalue weighted by atomic mass is 19.4. The molecule has 0 heterocycles. The van der Waals surface area contributed by atoms with Crippen LogP contribution in [0.4, 0.5) is 13.2 Å². The van der Waals surface area contributed by atoms with E-state index in [1.165, 1.54) is 13.8 Å². The third-order valence-electron chi connectivity index (χ3n) is 1.27. The van der Waals surface area contributed by atoms with Gasteiger partial charge in [0.15, 0.2) is 0 Å². The Hall–Kier alpha value is -0.760. The zero-order chi connectivity index (χ0) is 9.78. The molecule has 0 radical (unpaired) electrons. The molecule has 0 aliphatic rings. The second-order valence-corrected chi connectivity index (χ2v) is 2.74. The molecule has 0 spiro atoms. The topological polar surface area (TPSA) is 35.8 Å². The van der Waals surface area contributed by atoms with Crippen LogP contribution >= 0.6 is 0 Å². The molecule has 0 rings (SSSR count). The van der Waals surface area contributed by atoms with Gasteiger partial charge in [0.05, 0.1) is 18.5 Å². The van der Waals surface area contributed by atoms with Gasteiger partial charge in [-0.15, -0.1) is 0 Å². The molecule has 70 valence electrons. The van der Waals surface area contributed by atoms with Gasteiger partial charge in [0.1, 0.15) is 0 Å². The third kappa shape index (κ3) is 5.98. The largest absolute Gasteiger partial charge is 0.390 e. The van der Waals surface area contributed by atoms with Gasteiger partial charge in [-0.3, -0.25) is 5.32 Å². The monoisotopic (exact) mass is 180 g/mol. The maximum absolute atomic E-state index is 11.7. The van der Waals surface area contributed by atoms with E-state index in [0.29, 0.717) is 0 Å². The van der Waals surface area contributed by atoms with Crippen molar-refractivity contribution in [2.75, 3.05) is 0 Å². The highest BCUT2D eigenvalue weighted by molar-refractivity contribution is 4.87. The molecule has 2 atom stereocenters. The minimum Gasteiger partial charge on any atom is -0.299 e. The van der Waals surface area contributed by atoms with Crippen LogP contribution < -0.4 is 5.32 Å². The number of halogens is 3. The lowest BCUT2D eigenvalue weighted by Crippen LogP contribution is -2.36. The average Bonchev–Trinajstić information content (AvgIpc) is 1.82. The number of rotatable bonds is 3. The van der Waals surface area contributed by atoms with Gasteiger partial charge in [0.2, 0.25) is 0 Å². The van der Waals surface area contributed by atoms with E-state index in [2.05, 4.69) is 5.32 Å². The minimum atomic E-state index is -4.17. The zero-order valence-corrected chi connectivity index (χ0v) is 6.94. The molecule has 0 aromatic heterocycles. The molecule has 12 heavy (non-hydrogen) atoms. The highest BCUT2D eigenvalue weighted by Gasteiger charge is 2.30. The van der Waals surface area contributed by atoms with Crippen molar-refractivity contribution in [2.45, 2.75) is 38.5 Å². The van der Waals surface area contributed by atoms with E-state index in [-0.39, 0.29) is 0 Å². The van der Waals surface area contributed by atoms with Gasteiger partial charge >= 0.3 is 6.18 Å². The fraction of sp³-hybridized carbons (Fsp3) is 0.857. The van der Waals surface area contributed by atoms with E-state index >= 15 is 0 Å². The van der Waals surface area contributed by atoms with Crippen molar-refractivity contribution in [2.24, 2.45) is 0 Å². The number of alkyl halides is 3. The second-order valence-electron chi connectivity index (χ2n) is 2.74. The van der Waals surface area contributed by atoms with Crippen molar-refractivity contribution >= 4 is 0 Å². The first kappa shape index (κ1) is 11.2. The van der Waals surface area contributed by atoms with Crippen LogP contribution in [0.25, 0.3) is 0 Å². The van der Waals surface area contributed by atoms with E-state index in [4.69, 9.17) is 5.26 Å². The van der Waals surface area contributed by atoms with Crippen molar-refractivity contribution in [3.05, 3.63) is 0 Å². The Morgan fingerprint density at radius 2 is 1.92 bits per heavy atom. The number of nitrogens with zero attached hydrogens (tertiary/aromatic N) is 1. The Morgan fingerprint density at radius 3 is 2.25 bits per heavy atom. The van der Waals surface area contributed by atoms with E-state index in [1.807, 2.05) is 0 Å². The zero-order valence-electron chi connectivity index (χ0n) is 6.94. The lowest BCUT2D eigenvalue weighted by atomic mass is 10.2. The van der Waals surface area contributed by atoms with Crippen molar-refractivity contribution in [3.8, 4) is 6.07 Å². The molecule has 0 aliphatic heterocycles. The molecular formula is C7H11F3N2. The van der Waals surface area contributed by atoms with E-state index < -0.39 is 24.7 Å². The lowest BCUT2D eigenvalue weighted by molar-refractivity contribution is -0.139. The van der Waals surface area contributed by atoms with Gasteiger partial charge in [-0.2, -0.15) is 18.4 Å². The summed E-state index contributed by atoms with van der Waals surface area (Å²) in [6.45, 7) is 2.92. The fourth-order valence-corrected chi connectivity index (χ4v) is 0.870. The molecule has 0 bridgehead atoms. The molecule has 5 heteroatoms. The van der Waals surface area contributed by atoms with Crippen LogP contribution in [0.3, 0.4) is 0 Å². The first-order valence-electron chi connectivity index (χ1n) is 3.57. The summed E-state index contributed by atoms with van der Waals surface area (Å²) in [5, 5.41) is 10.8. The maximum Gasteiger partial charge on any atom is 0.390 e. The molecule has 2 nitrogen and oxygen atoms in total. The fourth-order valence-electron chi connectivity index (χ4n) is 0.870. The van der Waals surface area contributed by atoms with Crippen molar-refractivity contribution in [1.82, 2.24) is 5.32 Å². The predicted octanol–water partition coefficient (Wildman–Crippen LogP) is 1.83. The molecule has 0 aromatic rings. The number of hydrogen-bond acceptors (Lipinski definition) is 2. The van der Waals surface area contributed by atoms with Gasteiger partial charge in [0.25, 0.3) is 0 Å². The summed E-state index contributed by atoms with van der Waals surface area (Å²) in [4.78, 5) is 0. The van der Waals surface area contributed by atoms with Crippen LogP contribution in [-0.4, -0.2) is 18.3 Å². The van der Waals surface area contributed by atoms with Crippen LogP contribution in [0.15, 0.2) is 0 Å². The number of nitrogens with one attached hydrogen (secondary N) is 1. The summed E-state index contributed by atoms with van der Waals surface area (Å²) in [6.07, 6.45) is -5.07. The van der Waals surface area contributed by atoms with E-state index in [1.54, 1.807) is 6.07 Å². The standard InChI is InChI=1S/C7H11F3N2/c1-5(3-7(8,9)10)12-6(2)4-11/h5-6,12H,3H2,1-2H3. The molecule has 0 amide bonds. The first-order valence-corrected chi connectivity index (χ1v) is 3.57. The first-order chi connectivity index (χ1) is 5.35. The SMILES string of the molecule is CC(C#N)NC(C)CC(F)(F)F. The summed E-state index contributed by atoms with van der Waals surface area (Å²) in [5.74, 6) is 0. The Morgan fingerprint density at radius 1 is 1.42 bits per heavy atom. The quantitative estimate of drug-likeness (QED) is 0.719. The smallest absolute Gasteiger partial charge is 0.299 e. The van der Waals surface area contributed by atoms with Gasteiger partial charge in [-0.1, -0.05) is 0 Å². The summed E-state index contributed by atoms with van der Waals surface area (Å²) >= 11 is 0. The van der Waals surface area contributed by atoms with Crippen LogP contribution in [0, 0.1) is 11.3 Å². The Kier molecular flexibility index (Phi) is 4.04. The van der Waals surface area contributed by atoms with E-state index in [0.717, 1.165) is 0 Å². The van der Waals surface area contributed by atoms with Crippen LogP contribution in [-0.2, 0) is 0 Å². The summed E-state index contributed by atoms with van der Waals surface area (Å²) in [7, 11) is 0. The predicted molar refractivity (Wildman–Crippen MR) is 38.3 cm³/mol. The van der Waals surface area contributed by atoms with Crippen LogP contribution in [0.5, 0.6) is 0 Å². The van der Waals surface area contributed by atoms with Crippen molar-refractivity contribution < 1.29 is 13.2 Å². The normalized spacial score (nSPS) is 16.7. The lowest BCUT2D eigenvalue weighted by Gasteiger charge is -2.16. The van der Waals surface area contributed by atoms with Crippen LogP contribution in [0.1, 0.15) is 20.3 Å². The average molecular weight is 180 g/mol. The minimum absolute atomic E-state index is 0.539. The molecule has 1 N–H and O–H groups in total. The number of hydrogen-bond donors (Lipinski definition) is 1. The van der Waals surface area contributed by atoms with Crippen molar-refractivity contribution in [1.29, 1.82) is 5.26 Å². The highest BCUT2D eigenvalue weighted by Crippen LogP contribution is 2.21. The molecular weight excluding hydrogens is 169 g/mol. The molecule has 0 aliphatic carbocycles. The third-order valence-corrected chi connectivity index (χ3v) is 1.27. The van der Waals surface area contributed by atoms with E-state index in [9.17, 15) is 13.2 Å². The second kappa shape index (κ2) is 4.31. The Balaban J connectivity index is 3.76. The Labute approximate surface area is 69.4 Å².